The first-order valence-electron chi connectivity index (χ1n) is 6.06. The quantitative estimate of drug-likeness (QED) is 0.717. The topological polar surface area (TPSA) is 57.5 Å². The van der Waals surface area contributed by atoms with Gasteiger partial charge >= 0.3 is 0 Å². The molecule has 94 valence electrons. The summed E-state index contributed by atoms with van der Waals surface area (Å²) in [6.07, 6.45) is 9.72. The molecule has 0 unspecified atom stereocenters. The van der Waals surface area contributed by atoms with Gasteiger partial charge in [0.15, 0.2) is 5.78 Å². The van der Waals surface area contributed by atoms with Crippen LogP contribution >= 0.6 is 0 Å². The van der Waals surface area contributed by atoms with Gasteiger partial charge in [-0.25, -0.2) is 0 Å². The third-order valence-corrected chi connectivity index (χ3v) is 2.76. The van der Waals surface area contributed by atoms with Gasteiger partial charge in [-0.1, -0.05) is 37.6 Å². The molecule has 0 saturated heterocycles. The van der Waals surface area contributed by atoms with Crippen molar-refractivity contribution in [2.45, 2.75) is 38.7 Å². The fourth-order valence-electron chi connectivity index (χ4n) is 1.84. The summed E-state index contributed by atoms with van der Waals surface area (Å²) in [4.78, 5) is 11.6. The van der Waals surface area contributed by atoms with Crippen LogP contribution in [0.4, 0.5) is 0 Å². The standard InChI is InChI=1S/C14H20O3/c1-2-3-4-5-6-7-11-8-12(16)9-14(17)13(11)10-15/h4-7,12,15-16H,2-3,8-10H2,1H3/b5-4+,7-6+/t12-/m0/s1. The number of unbranched alkanes of at least 4 members (excludes halogenated alkanes) is 1. The number of allylic oxidation sites excluding steroid dienone is 4. The first kappa shape index (κ1) is 13.9. The van der Waals surface area contributed by atoms with Gasteiger partial charge in [-0.2, -0.15) is 0 Å². The molecule has 0 aromatic carbocycles. The van der Waals surface area contributed by atoms with E-state index in [1.54, 1.807) is 6.08 Å². The van der Waals surface area contributed by atoms with Crippen molar-refractivity contribution in [3.8, 4) is 0 Å². The fourth-order valence-corrected chi connectivity index (χ4v) is 1.84. The van der Waals surface area contributed by atoms with Gasteiger partial charge in [0.05, 0.1) is 12.7 Å². The monoisotopic (exact) mass is 236 g/mol. The zero-order valence-corrected chi connectivity index (χ0v) is 10.2. The number of aliphatic hydroxyl groups excluding tert-OH is 2. The second-order valence-corrected chi connectivity index (χ2v) is 4.22. The Hall–Kier alpha value is -1.19. The van der Waals surface area contributed by atoms with E-state index in [4.69, 9.17) is 5.11 Å². The molecule has 0 radical (unpaired) electrons. The summed E-state index contributed by atoms with van der Waals surface area (Å²) >= 11 is 0. The summed E-state index contributed by atoms with van der Waals surface area (Å²) in [5.41, 5.74) is 1.19. The molecule has 0 aromatic heterocycles. The Balaban J connectivity index is 2.74. The summed E-state index contributed by atoms with van der Waals surface area (Å²) in [7, 11) is 0. The molecule has 0 fully saturated rings. The molecule has 1 rings (SSSR count). The van der Waals surface area contributed by atoms with Crippen molar-refractivity contribution in [3.63, 3.8) is 0 Å². The number of carbonyl (C=O) groups excluding carboxylic acids is 1. The average Bonchev–Trinajstić information content (AvgIpc) is 2.28. The Morgan fingerprint density at radius 3 is 2.76 bits per heavy atom. The van der Waals surface area contributed by atoms with Crippen molar-refractivity contribution < 1.29 is 15.0 Å². The lowest BCUT2D eigenvalue weighted by Crippen LogP contribution is -2.24. The molecule has 0 bridgehead atoms. The highest BCUT2D eigenvalue weighted by Crippen LogP contribution is 2.23. The molecule has 0 spiro atoms. The zero-order chi connectivity index (χ0) is 12.7. The first-order chi connectivity index (χ1) is 8.19. The molecule has 0 aromatic rings. The average molecular weight is 236 g/mol. The summed E-state index contributed by atoms with van der Waals surface area (Å²) in [5.74, 6) is -0.150. The molecule has 0 heterocycles. The van der Waals surface area contributed by atoms with Crippen LogP contribution in [0.25, 0.3) is 0 Å². The van der Waals surface area contributed by atoms with Gasteiger partial charge in [0, 0.05) is 12.0 Å². The van der Waals surface area contributed by atoms with E-state index in [1.165, 1.54) is 0 Å². The number of hydrogen-bond acceptors (Lipinski definition) is 3. The van der Waals surface area contributed by atoms with E-state index in [9.17, 15) is 9.90 Å². The van der Waals surface area contributed by atoms with Crippen LogP contribution in [-0.4, -0.2) is 28.7 Å². The Morgan fingerprint density at radius 2 is 2.12 bits per heavy atom. The summed E-state index contributed by atoms with van der Waals surface area (Å²) in [6, 6.07) is 0. The van der Waals surface area contributed by atoms with Crippen LogP contribution in [0.1, 0.15) is 32.6 Å². The predicted octanol–water partition coefficient (Wildman–Crippen LogP) is 1.91. The molecule has 3 heteroatoms. The Labute approximate surface area is 102 Å². The van der Waals surface area contributed by atoms with Gasteiger partial charge in [0.2, 0.25) is 0 Å². The minimum Gasteiger partial charge on any atom is -0.392 e. The van der Waals surface area contributed by atoms with Gasteiger partial charge < -0.3 is 10.2 Å². The molecular weight excluding hydrogens is 216 g/mol. The number of rotatable bonds is 5. The Bertz CT molecular complexity index is 350. The van der Waals surface area contributed by atoms with E-state index in [-0.39, 0.29) is 18.8 Å². The van der Waals surface area contributed by atoms with Gasteiger partial charge in [-0.05, 0) is 18.4 Å². The SMILES string of the molecule is CCC/C=C/C=C/C1=C(CO)C(=O)C[C@@H](O)C1. The molecule has 17 heavy (non-hydrogen) atoms. The molecule has 0 aliphatic heterocycles. The molecule has 3 nitrogen and oxygen atoms in total. The maximum absolute atomic E-state index is 11.6. The van der Waals surface area contributed by atoms with Gasteiger partial charge in [-0.15, -0.1) is 0 Å². The molecule has 1 aliphatic carbocycles. The molecule has 1 aliphatic rings. The van der Waals surface area contributed by atoms with Crippen molar-refractivity contribution in [3.05, 3.63) is 35.5 Å². The summed E-state index contributed by atoms with van der Waals surface area (Å²) < 4.78 is 0. The highest BCUT2D eigenvalue weighted by atomic mass is 16.3. The van der Waals surface area contributed by atoms with Crippen LogP contribution in [-0.2, 0) is 4.79 Å². The lowest BCUT2D eigenvalue weighted by atomic mass is 9.89. The number of hydrogen-bond donors (Lipinski definition) is 2. The highest BCUT2D eigenvalue weighted by molar-refractivity contribution is 5.98. The molecule has 1 atom stereocenters. The minimum absolute atomic E-state index is 0.124. The lowest BCUT2D eigenvalue weighted by Gasteiger charge is -2.20. The minimum atomic E-state index is -0.614. The summed E-state index contributed by atoms with van der Waals surface area (Å²) in [5, 5.41) is 18.7. The second kappa shape index (κ2) is 7.20. The summed E-state index contributed by atoms with van der Waals surface area (Å²) in [6.45, 7) is 1.86. The third-order valence-electron chi connectivity index (χ3n) is 2.76. The zero-order valence-electron chi connectivity index (χ0n) is 10.2. The normalized spacial score (nSPS) is 22.1. The number of carbonyl (C=O) groups is 1. The third kappa shape index (κ3) is 4.29. The molecule has 0 saturated carbocycles. The highest BCUT2D eigenvalue weighted by Gasteiger charge is 2.24. The first-order valence-corrected chi connectivity index (χ1v) is 6.06. The van der Waals surface area contributed by atoms with E-state index in [1.807, 2.05) is 12.2 Å². The van der Waals surface area contributed by atoms with E-state index >= 15 is 0 Å². The van der Waals surface area contributed by atoms with Crippen molar-refractivity contribution in [1.29, 1.82) is 0 Å². The maximum Gasteiger partial charge on any atom is 0.164 e. The molecular formula is C14H20O3. The predicted molar refractivity (Wildman–Crippen MR) is 67.5 cm³/mol. The van der Waals surface area contributed by atoms with Crippen molar-refractivity contribution in [1.82, 2.24) is 0 Å². The Kier molecular flexibility index (Phi) is 5.87. The van der Waals surface area contributed by atoms with Crippen molar-refractivity contribution in [2.24, 2.45) is 0 Å². The number of aliphatic hydroxyl groups is 2. The van der Waals surface area contributed by atoms with Crippen LogP contribution in [0.2, 0.25) is 0 Å². The lowest BCUT2D eigenvalue weighted by molar-refractivity contribution is -0.118. The smallest absolute Gasteiger partial charge is 0.164 e. The van der Waals surface area contributed by atoms with Crippen LogP contribution in [0.15, 0.2) is 35.5 Å². The second-order valence-electron chi connectivity index (χ2n) is 4.22. The fraction of sp³-hybridized carbons (Fsp3) is 0.500. The van der Waals surface area contributed by atoms with Crippen LogP contribution in [0.5, 0.6) is 0 Å². The van der Waals surface area contributed by atoms with Gasteiger partial charge in [-0.3, -0.25) is 4.79 Å². The van der Waals surface area contributed by atoms with Crippen LogP contribution in [0, 0.1) is 0 Å². The molecule has 0 amide bonds. The number of Topliss-reactive ketones (excluding diaryl/α,β-unsaturated/α-hetero) is 1. The van der Waals surface area contributed by atoms with Gasteiger partial charge in [0.1, 0.15) is 0 Å². The maximum atomic E-state index is 11.6. The van der Waals surface area contributed by atoms with E-state index in [2.05, 4.69) is 13.0 Å². The van der Waals surface area contributed by atoms with E-state index in [0.29, 0.717) is 12.0 Å². The van der Waals surface area contributed by atoms with Crippen LogP contribution < -0.4 is 0 Å². The largest absolute Gasteiger partial charge is 0.392 e. The number of ketones is 1. The van der Waals surface area contributed by atoms with Crippen molar-refractivity contribution in [2.75, 3.05) is 6.61 Å². The van der Waals surface area contributed by atoms with E-state index in [0.717, 1.165) is 18.4 Å². The van der Waals surface area contributed by atoms with Crippen LogP contribution in [0.3, 0.4) is 0 Å². The van der Waals surface area contributed by atoms with Crippen molar-refractivity contribution >= 4 is 5.78 Å². The van der Waals surface area contributed by atoms with E-state index < -0.39 is 6.10 Å². The van der Waals surface area contributed by atoms with Gasteiger partial charge in [0.25, 0.3) is 0 Å². The Morgan fingerprint density at radius 1 is 1.35 bits per heavy atom. The molecule has 2 N–H and O–H groups in total.